The molecule has 1 saturated heterocycles. The van der Waals surface area contributed by atoms with Crippen LogP contribution in [0.5, 0.6) is 0 Å². The van der Waals surface area contributed by atoms with E-state index in [1.54, 1.807) is 7.11 Å². The number of ether oxygens (including phenoxy) is 1. The van der Waals surface area contributed by atoms with Crippen LogP contribution in [-0.2, 0) is 24.2 Å². The van der Waals surface area contributed by atoms with E-state index in [1.165, 1.54) is 11.1 Å². The fourth-order valence-corrected chi connectivity index (χ4v) is 4.17. The minimum Gasteiger partial charge on any atom is -0.381 e. The molecule has 0 bridgehead atoms. The third kappa shape index (κ3) is 4.00. The Hall–Kier alpha value is -1.95. The van der Waals surface area contributed by atoms with Gasteiger partial charge in [-0.2, -0.15) is 4.98 Å². The van der Waals surface area contributed by atoms with Crippen molar-refractivity contribution in [1.29, 1.82) is 0 Å². The van der Waals surface area contributed by atoms with Gasteiger partial charge < -0.3 is 9.64 Å². The van der Waals surface area contributed by atoms with Crippen molar-refractivity contribution in [2.75, 3.05) is 25.1 Å². The largest absolute Gasteiger partial charge is 0.381 e. The topological polar surface area (TPSA) is 41.5 Å². The van der Waals surface area contributed by atoms with Crippen molar-refractivity contribution >= 4 is 17.4 Å². The number of anilines is 1. The fraction of sp³-hybridized carbons (Fsp3) is 0.429. The minimum absolute atomic E-state index is 0.233. The first kappa shape index (κ1) is 18.4. The number of methoxy groups -OCH3 is 1. The zero-order valence-corrected chi connectivity index (χ0v) is 16.5. The van der Waals surface area contributed by atoms with E-state index in [-0.39, 0.29) is 6.10 Å². The number of hydrogen-bond acceptors (Lipinski definition) is 5. The standard InChI is InChI=1S/C21H25ClN4O/c1-15-12-17(27-2)8-11-26(15)20-18-14-25(13-16-6-4-3-5-7-16)10-9-19(18)23-21(22)24-20/h3-7,17H,1,8-14H2,2H3/t17-/m1/s1. The number of nitrogens with zero attached hydrogens (tertiary/aromatic N) is 4. The van der Waals surface area contributed by atoms with Crippen molar-refractivity contribution in [3.8, 4) is 0 Å². The Morgan fingerprint density at radius 2 is 2.04 bits per heavy atom. The molecule has 5 nitrogen and oxygen atoms in total. The normalized spacial score (nSPS) is 20.6. The second kappa shape index (κ2) is 7.97. The summed E-state index contributed by atoms with van der Waals surface area (Å²) in [4.78, 5) is 13.8. The van der Waals surface area contributed by atoms with E-state index in [0.717, 1.165) is 62.7 Å². The third-order valence-electron chi connectivity index (χ3n) is 5.45. The van der Waals surface area contributed by atoms with Crippen molar-refractivity contribution in [3.63, 3.8) is 0 Å². The number of fused-ring (bicyclic) bond motifs is 1. The van der Waals surface area contributed by atoms with Gasteiger partial charge in [0.15, 0.2) is 0 Å². The summed E-state index contributed by atoms with van der Waals surface area (Å²) in [5.74, 6) is 0.919. The van der Waals surface area contributed by atoms with Crippen LogP contribution in [0.1, 0.15) is 29.7 Å². The average Bonchev–Trinajstić information content (AvgIpc) is 2.68. The minimum atomic E-state index is 0.233. The molecule has 27 heavy (non-hydrogen) atoms. The van der Waals surface area contributed by atoms with E-state index in [9.17, 15) is 0 Å². The summed E-state index contributed by atoms with van der Waals surface area (Å²) in [5, 5.41) is 0.321. The molecule has 2 aromatic rings. The molecule has 0 radical (unpaired) electrons. The van der Waals surface area contributed by atoms with Crippen LogP contribution < -0.4 is 4.90 Å². The Kier molecular flexibility index (Phi) is 5.43. The lowest BCUT2D eigenvalue weighted by molar-refractivity contribution is 0.0898. The first-order chi connectivity index (χ1) is 13.1. The van der Waals surface area contributed by atoms with Crippen LogP contribution in [0.4, 0.5) is 5.82 Å². The Bertz CT molecular complexity index is 826. The van der Waals surface area contributed by atoms with Gasteiger partial charge in [0.25, 0.3) is 0 Å². The van der Waals surface area contributed by atoms with E-state index < -0.39 is 0 Å². The van der Waals surface area contributed by atoms with Gasteiger partial charge in [-0.15, -0.1) is 0 Å². The summed E-state index contributed by atoms with van der Waals surface area (Å²) in [5.41, 5.74) is 4.60. The second-order valence-corrected chi connectivity index (χ2v) is 7.59. The summed E-state index contributed by atoms with van der Waals surface area (Å²) >= 11 is 6.25. The molecule has 2 aliphatic heterocycles. The van der Waals surface area contributed by atoms with Crippen molar-refractivity contribution < 1.29 is 4.74 Å². The van der Waals surface area contributed by atoms with Crippen LogP contribution in [0.25, 0.3) is 0 Å². The van der Waals surface area contributed by atoms with Gasteiger partial charge in [0.1, 0.15) is 5.82 Å². The van der Waals surface area contributed by atoms with Gasteiger partial charge in [0.05, 0.1) is 11.8 Å². The van der Waals surface area contributed by atoms with Gasteiger partial charge in [0.2, 0.25) is 5.28 Å². The molecule has 0 aliphatic carbocycles. The zero-order chi connectivity index (χ0) is 18.8. The lowest BCUT2D eigenvalue weighted by Crippen LogP contribution is -2.38. The number of aromatic nitrogens is 2. The summed E-state index contributed by atoms with van der Waals surface area (Å²) in [6.45, 7) is 7.83. The van der Waals surface area contributed by atoms with Gasteiger partial charge >= 0.3 is 0 Å². The monoisotopic (exact) mass is 384 g/mol. The van der Waals surface area contributed by atoms with Crippen LogP contribution in [0.15, 0.2) is 42.6 Å². The summed E-state index contributed by atoms with van der Waals surface area (Å²) in [6, 6.07) is 10.6. The molecular weight excluding hydrogens is 360 g/mol. The highest BCUT2D eigenvalue weighted by Crippen LogP contribution is 2.33. The summed E-state index contributed by atoms with van der Waals surface area (Å²) in [7, 11) is 1.76. The lowest BCUT2D eigenvalue weighted by atomic mass is 10.0. The van der Waals surface area contributed by atoms with Gasteiger partial charge in [-0.1, -0.05) is 36.9 Å². The number of benzene rings is 1. The average molecular weight is 385 g/mol. The van der Waals surface area contributed by atoms with E-state index in [1.807, 2.05) is 0 Å². The first-order valence-electron chi connectivity index (χ1n) is 9.43. The molecule has 0 amide bonds. The van der Waals surface area contributed by atoms with Crippen LogP contribution in [-0.4, -0.2) is 41.2 Å². The van der Waals surface area contributed by atoms with Crippen LogP contribution in [0.3, 0.4) is 0 Å². The van der Waals surface area contributed by atoms with Crippen LogP contribution >= 0.6 is 11.6 Å². The quantitative estimate of drug-likeness (QED) is 0.749. The molecule has 0 unspecified atom stereocenters. The molecular formula is C21H25ClN4O. The smallest absolute Gasteiger partial charge is 0.224 e. The molecule has 0 saturated carbocycles. The highest BCUT2D eigenvalue weighted by molar-refractivity contribution is 6.28. The molecule has 0 spiro atoms. The number of piperidine rings is 1. The number of halogens is 1. The van der Waals surface area contributed by atoms with E-state index in [4.69, 9.17) is 16.3 Å². The Morgan fingerprint density at radius 1 is 1.22 bits per heavy atom. The molecule has 142 valence electrons. The van der Waals surface area contributed by atoms with Gasteiger partial charge in [-0.05, 0) is 23.6 Å². The SMILES string of the molecule is C=C1C[C@H](OC)CCN1c1nc(Cl)nc2c1CN(Cc1ccccc1)CC2. The summed E-state index contributed by atoms with van der Waals surface area (Å²) < 4.78 is 5.51. The molecule has 1 atom stereocenters. The van der Waals surface area contributed by atoms with Crippen molar-refractivity contribution in [2.45, 2.75) is 38.5 Å². The molecule has 1 aromatic heterocycles. The van der Waals surface area contributed by atoms with E-state index >= 15 is 0 Å². The summed E-state index contributed by atoms with van der Waals surface area (Å²) in [6.07, 6.45) is 2.90. The van der Waals surface area contributed by atoms with Crippen molar-refractivity contribution in [2.24, 2.45) is 0 Å². The Balaban J connectivity index is 1.59. The second-order valence-electron chi connectivity index (χ2n) is 7.26. The molecule has 0 N–H and O–H groups in total. The molecule has 1 aromatic carbocycles. The first-order valence-corrected chi connectivity index (χ1v) is 9.81. The highest BCUT2D eigenvalue weighted by Gasteiger charge is 2.29. The van der Waals surface area contributed by atoms with Gasteiger partial charge in [-0.3, -0.25) is 4.90 Å². The van der Waals surface area contributed by atoms with E-state index in [2.05, 4.69) is 56.7 Å². The van der Waals surface area contributed by atoms with Gasteiger partial charge in [0, 0.05) is 57.4 Å². The lowest BCUT2D eigenvalue weighted by Gasteiger charge is -2.37. The van der Waals surface area contributed by atoms with Crippen molar-refractivity contribution in [1.82, 2.24) is 14.9 Å². The Labute approximate surface area is 165 Å². The molecule has 1 fully saturated rings. The third-order valence-corrected chi connectivity index (χ3v) is 5.62. The molecule has 6 heteroatoms. The number of hydrogen-bond donors (Lipinski definition) is 0. The molecule has 3 heterocycles. The zero-order valence-electron chi connectivity index (χ0n) is 15.7. The molecule has 4 rings (SSSR count). The maximum atomic E-state index is 6.25. The van der Waals surface area contributed by atoms with Gasteiger partial charge in [-0.25, -0.2) is 4.98 Å². The number of rotatable bonds is 4. The van der Waals surface area contributed by atoms with E-state index in [0.29, 0.717) is 5.28 Å². The predicted molar refractivity (Wildman–Crippen MR) is 108 cm³/mol. The maximum Gasteiger partial charge on any atom is 0.224 e. The maximum absolute atomic E-state index is 6.25. The fourth-order valence-electron chi connectivity index (χ4n) is 3.99. The van der Waals surface area contributed by atoms with Crippen LogP contribution in [0.2, 0.25) is 5.28 Å². The molecule has 2 aliphatic rings. The predicted octanol–water partition coefficient (Wildman–Crippen LogP) is 3.82. The van der Waals surface area contributed by atoms with Crippen LogP contribution in [0, 0.1) is 0 Å². The highest BCUT2D eigenvalue weighted by atomic mass is 35.5. The van der Waals surface area contributed by atoms with Crippen molar-refractivity contribution in [3.05, 3.63) is 64.7 Å². The Morgan fingerprint density at radius 3 is 2.78 bits per heavy atom.